The van der Waals surface area contributed by atoms with Crippen LogP contribution in [0.15, 0.2) is 18.2 Å². The molecule has 0 amide bonds. The molecule has 0 heterocycles. The standard InChI is InChI=1S/C13H21FN2S/c1-9(8-17-4)16(3)13-6-5-11(10(2)15)7-12(13)14/h5-7,9-10H,8,15H2,1-4H3/t9?,10-/m0/s1. The molecule has 0 aliphatic rings. The van der Waals surface area contributed by atoms with Crippen molar-refractivity contribution < 1.29 is 4.39 Å². The maximum absolute atomic E-state index is 14.0. The minimum atomic E-state index is -0.199. The molecule has 0 bridgehead atoms. The first-order valence-electron chi connectivity index (χ1n) is 5.74. The van der Waals surface area contributed by atoms with Crippen molar-refractivity contribution >= 4 is 17.4 Å². The summed E-state index contributed by atoms with van der Waals surface area (Å²) in [5.41, 5.74) is 7.20. The second-order valence-electron chi connectivity index (χ2n) is 4.41. The molecular formula is C13H21FN2S. The Labute approximate surface area is 107 Å². The molecule has 0 spiro atoms. The molecule has 0 saturated carbocycles. The van der Waals surface area contributed by atoms with E-state index in [-0.39, 0.29) is 11.9 Å². The highest BCUT2D eigenvalue weighted by Gasteiger charge is 2.14. The number of hydrogen-bond donors (Lipinski definition) is 1. The van der Waals surface area contributed by atoms with E-state index < -0.39 is 0 Å². The van der Waals surface area contributed by atoms with Gasteiger partial charge >= 0.3 is 0 Å². The molecule has 1 unspecified atom stereocenters. The quantitative estimate of drug-likeness (QED) is 0.878. The van der Waals surface area contributed by atoms with Crippen molar-refractivity contribution in [1.29, 1.82) is 0 Å². The SMILES string of the molecule is CSCC(C)N(C)c1ccc([C@H](C)N)cc1F. The van der Waals surface area contributed by atoms with Gasteiger partial charge in [0.2, 0.25) is 0 Å². The van der Waals surface area contributed by atoms with Gasteiger partial charge in [0.25, 0.3) is 0 Å². The van der Waals surface area contributed by atoms with Crippen molar-refractivity contribution in [1.82, 2.24) is 0 Å². The van der Waals surface area contributed by atoms with E-state index in [4.69, 9.17) is 5.73 Å². The second-order valence-corrected chi connectivity index (χ2v) is 5.33. The highest BCUT2D eigenvalue weighted by atomic mass is 32.2. The van der Waals surface area contributed by atoms with E-state index in [1.165, 1.54) is 6.07 Å². The number of hydrogen-bond acceptors (Lipinski definition) is 3. The molecule has 0 saturated heterocycles. The lowest BCUT2D eigenvalue weighted by Gasteiger charge is -2.27. The van der Waals surface area contributed by atoms with Crippen molar-refractivity contribution in [3.63, 3.8) is 0 Å². The van der Waals surface area contributed by atoms with Gasteiger partial charge in [-0.2, -0.15) is 11.8 Å². The summed E-state index contributed by atoms with van der Waals surface area (Å²) in [6.45, 7) is 3.95. The van der Waals surface area contributed by atoms with E-state index in [1.54, 1.807) is 11.8 Å². The van der Waals surface area contributed by atoms with E-state index in [2.05, 4.69) is 13.2 Å². The number of rotatable bonds is 5. The monoisotopic (exact) mass is 256 g/mol. The van der Waals surface area contributed by atoms with Gasteiger partial charge in [0.1, 0.15) is 5.82 Å². The fourth-order valence-electron chi connectivity index (χ4n) is 1.68. The summed E-state index contributed by atoms with van der Waals surface area (Å²) in [7, 11) is 1.92. The Hall–Kier alpha value is -0.740. The molecule has 2 nitrogen and oxygen atoms in total. The molecule has 2 atom stereocenters. The van der Waals surface area contributed by atoms with Gasteiger partial charge in [-0.05, 0) is 37.8 Å². The summed E-state index contributed by atoms with van der Waals surface area (Å²) < 4.78 is 14.0. The second kappa shape index (κ2) is 6.26. The number of nitrogens with zero attached hydrogens (tertiary/aromatic N) is 1. The van der Waals surface area contributed by atoms with E-state index in [0.717, 1.165) is 11.3 Å². The zero-order chi connectivity index (χ0) is 13.0. The lowest BCUT2D eigenvalue weighted by atomic mass is 10.1. The molecule has 96 valence electrons. The van der Waals surface area contributed by atoms with Gasteiger partial charge in [-0.15, -0.1) is 0 Å². The average molecular weight is 256 g/mol. The first kappa shape index (κ1) is 14.3. The Morgan fingerprint density at radius 1 is 1.41 bits per heavy atom. The van der Waals surface area contributed by atoms with Crippen molar-refractivity contribution in [3.8, 4) is 0 Å². The van der Waals surface area contributed by atoms with Crippen LogP contribution in [-0.2, 0) is 0 Å². The first-order chi connectivity index (χ1) is 7.97. The molecule has 1 aromatic rings. The molecule has 0 aliphatic heterocycles. The van der Waals surface area contributed by atoms with Crippen LogP contribution in [0.3, 0.4) is 0 Å². The van der Waals surface area contributed by atoms with Gasteiger partial charge in [-0.3, -0.25) is 0 Å². The van der Waals surface area contributed by atoms with Crippen LogP contribution in [-0.4, -0.2) is 25.1 Å². The van der Waals surface area contributed by atoms with Crippen LogP contribution in [0.1, 0.15) is 25.5 Å². The molecule has 0 radical (unpaired) electrons. The van der Waals surface area contributed by atoms with Crippen molar-refractivity contribution in [3.05, 3.63) is 29.6 Å². The summed E-state index contributed by atoms with van der Waals surface area (Å²) in [6.07, 6.45) is 2.06. The van der Waals surface area contributed by atoms with Gasteiger partial charge in [0, 0.05) is 24.9 Å². The maximum Gasteiger partial charge on any atom is 0.146 e. The Morgan fingerprint density at radius 3 is 2.53 bits per heavy atom. The largest absolute Gasteiger partial charge is 0.369 e. The van der Waals surface area contributed by atoms with Gasteiger partial charge < -0.3 is 10.6 Å². The molecule has 4 heteroatoms. The molecule has 1 aromatic carbocycles. The summed E-state index contributed by atoms with van der Waals surface area (Å²) in [5.74, 6) is 0.778. The summed E-state index contributed by atoms with van der Waals surface area (Å²) in [6, 6.07) is 5.41. The lowest BCUT2D eigenvalue weighted by molar-refractivity contribution is 0.610. The van der Waals surface area contributed by atoms with Crippen molar-refractivity contribution in [2.45, 2.75) is 25.9 Å². The summed E-state index contributed by atoms with van der Waals surface area (Å²) >= 11 is 1.76. The van der Waals surface area contributed by atoms with E-state index in [0.29, 0.717) is 11.7 Å². The fraction of sp³-hybridized carbons (Fsp3) is 0.538. The highest BCUT2D eigenvalue weighted by Crippen LogP contribution is 2.24. The van der Waals surface area contributed by atoms with Gasteiger partial charge in [0.05, 0.1) is 5.69 Å². The van der Waals surface area contributed by atoms with E-state index in [9.17, 15) is 4.39 Å². The topological polar surface area (TPSA) is 29.3 Å². The predicted molar refractivity (Wildman–Crippen MR) is 75.2 cm³/mol. The van der Waals surface area contributed by atoms with Crippen LogP contribution < -0.4 is 10.6 Å². The van der Waals surface area contributed by atoms with Gasteiger partial charge in [0.15, 0.2) is 0 Å². The summed E-state index contributed by atoms with van der Waals surface area (Å²) in [4.78, 5) is 1.97. The number of nitrogens with two attached hydrogens (primary N) is 1. The minimum absolute atomic E-state index is 0.132. The zero-order valence-corrected chi connectivity index (χ0v) is 11.7. The Bertz CT molecular complexity index is 368. The van der Waals surface area contributed by atoms with Crippen molar-refractivity contribution in [2.75, 3.05) is 24.0 Å². The molecule has 0 aromatic heterocycles. The third-order valence-electron chi connectivity index (χ3n) is 2.95. The summed E-state index contributed by atoms with van der Waals surface area (Å²) in [5, 5.41) is 0. The van der Waals surface area contributed by atoms with Crippen LogP contribution >= 0.6 is 11.8 Å². The number of anilines is 1. The van der Waals surface area contributed by atoms with Crippen molar-refractivity contribution in [2.24, 2.45) is 5.73 Å². The Morgan fingerprint density at radius 2 is 2.06 bits per heavy atom. The zero-order valence-electron chi connectivity index (χ0n) is 10.9. The smallest absolute Gasteiger partial charge is 0.146 e. The van der Waals surface area contributed by atoms with Crippen LogP contribution in [0.2, 0.25) is 0 Å². The molecule has 17 heavy (non-hydrogen) atoms. The minimum Gasteiger partial charge on any atom is -0.369 e. The third kappa shape index (κ3) is 3.61. The predicted octanol–water partition coefficient (Wildman–Crippen LogP) is 3.03. The Kier molecular flexibility index (Phi) is 5.28. The van der Waals surface area contributed by atoms with Crippen LogP contribution in [0.25, 0.3) is 0 Å². The first-order valence-corrected chi connectivity index (χ1v) is 7.13. The number of halogens is 1. The van der Waals surface area contributed by atoms with E-state index >= 15 is 0 Å². The Balaban J connectivity index is 2.91. The number of thioether (sulfide) groups is 1. The average Bonchev–Trinajstić information content (AvgIpc) is 2.28. The van der Waals surface area contributed by atoms with Crippen LogP contribution in [0, 0.1) is 5.82 Å². The normalized spacial score (nSPS) is 14.5. The maximum atomic E-state index is 14.0. The molecule has 2 N–H and O–H groups in total. The van der Waals surface area contributed by atoms with Crippen LogP contribution in [0.4, 0.5) is 10.1 Å². The third-order valence-corrected chi connectivity index (χ3v) is 3.76. The van der Waals surface area contributed by atoms with E-state index in [1.807, 2.05) is 31.0 Å². The molecule has 0 fully saturated rings. The molecule has 1 rings (SSSR count). The molecule has 0 aliphatic carbocycles. The highest BCUT2D eigenvalue weighted by molar-refractivity contribution is 7.98. The fourth-order valence-corrected chi connectivity index (χ4v) is 2.39. The lowest BCUT2D eigenvalue weighted by Crippen LogP contribution is -2.31. The molecular weight excluding hydrogens is 235 g/mol. The van der Waals surface area contributed by atoms with Gasteiger partial charge in [-0.1, -0.05) is 6.07 Å². The van der Waals surface area contributed by atoms with Crippen LogP contribution in [0.5, 0.6) is 0 Å². The van der Waals surface area contributed by atoms with Gasteiger partial charge in [-0.25, -0.2) is 4.39 Å². The number of benzene rings is 1.